The predicted octanol–water partition coefficient (Wildman–Crippen LogP) is 3.00. The van der Waals surface area contributed by atoms with E-state index in [-0.39, 0.29) is 11.0 Å². The standard InChI is InChI=1S/C17H29N5OS/c1-6-17(5,21-7-9-23-10-8-21)12-18-14-20-22-11-13(16(2,3)4)19-15(22)24-14/h11H,6-10,12H2,1-5H3,(H,18,20)/t17-/m0/s1. The van der Waals surface area contributed by atoms with Gasteiger partial charge in [0.2, 0.25) is 10.1 Å². The van der Waals surface area contributed by atoms with E-state index in [2.05, 4.69) is 49.9 Å². The maximum absolute atomic E-state index is 5.49. The van der Waals surface area contributed by atoms with Crippen LogP contribution in [0.4, 0.5) is 5.13 Å². The first-order chi connectivity index (χ1) is 11.3. The normalized spacial score (nSPS) is 19.5. The van der Waals surface area contributed by atoms with Crippen LogP contribution in [0, 0.1) is 0 Å². The second-order valence-electron chi connectivity index (χ2n) is 7.81. The number of ether oxygens (including phenoxy) is 1. The molecule has 2 aromatic heterocycles. The summed E-state index contributed by atoms with van der Waals surface area (Å²) in [6, 6.07) is 0. The van der Waals surface area contributed by atoms with Gasteiger partial charge in [-0.15, -0.1) is 5.10 Å². The Bertz CT molecular complexity index is 651. The van der Waals surface area contributed by atoms with Crippen molar-refractivity contribution in [3.63, 3.8) is 0 Å². The fraction of sp³-hybridized carbons (Fsp3) is 0.765. The van der Waals surface area contributed by atoms with Crippen molar-refractivity contribution in [3.05, 3.63) is 11.9 Å². The highest BCUT2D eigenvalue weighted by Gasteiger charge is 2.31. The van der Waals surface area contributed by atoms with Gasteiger partial charge < -0.3 is 10.1 Å². The molecule has 0 aromatic carbocycles. The van der Waals surface area contributed by atoms with E-state index in [9.17, 15) is 0 Å². The van der Waals surface area contributed by atoms with Crippen LogP contribution in [0.25, 0.3) is 4.96 Å². The van der Waals surface area contributed by atoms with Crippen molar-refractivity contribution >= 4 is 21.4 Å². The lowest BCUT2D eigenvalue weighted by Gasteiger charge is -2.43. The van der Waals surface area contributed by atoms with E-state index < -0.39 is 0 Å². The summed E-state index contributed by atoms with van der Waals surface area (Å²) < 4.78 is 7.38. The van der Waals surface area contributed by atoms with Crippen molar-refractivity contribution < 1.29 is 4.74 Å². The summed E-state index contributed by atoms with van der Waals surface area (Å²) in [7, 11) is 0. The van der Waals surface area contributed by atoms with Gasteiger partial charge >= 0.3 is 0 Å². The van der Waals surface area contributed by atoms with Gasteiger partial charge in [-0.2, -0.15) is 0 Å². The second kappa shape index (κ2) is 6.61. The van der Waals surface area contributed by atoms with E-state index in [0.29, 0.717) is 0 Å². The molecule has 24 heavy (non-hydrogen) atoms. The Balaban J connectivity index is 1.69. The van der Waals surface area contributed by atoms with Gasteiger partial charge in [0.25, 0.3) is 0 Å². The third-order valence-electron chi connectivity index (χ3n) is 4.97. The minimum atomic E-state index is 0.0537. The smallest absolute Gasteiger partial charge is 0.214 e. The van der Waals surface area contributed by atoms with Crippen LogP contribution in [-0.2, 0) is 10.2 Å². The number of fused-ring (bicyclic) bond motifs is 1. The lowest BCUT2D eigenvalue weighted by Crippen LogP contribution is -2.54. The zero-order valence-electron chi connectivity index (χ0n) is 15.4. The molecule has 7 heteroatoms. The number of anilines is 1. The van der Waals surface area contributed by atoms with Gasteiger partial charge in [-0.1, -0.05) is 39.0 Å². The van der Waals surface area contributed by atoms with Gasteiger partial charge in [0.1, 0.15) is 0 Å². The number of nitrogens with one attached hydrogen (secondary N) is 1. The highest BCUT2D eigenvalue weighted by Crippen LogP contribution is 2.27. The number of imidazole rings is 1. The fourth-order valence-electron chi connectivity index (χ4n) is 2.96. The number of hydrogen-bond donors (Lipinski definition) is 1. The van der Waals surface area contributed by atoms with Crippen LogP contribution in [0.5, 0.6) is 0 Å². The molecule has 0 bridgehead atoms. The molecular weight excluding hydrogens is 322 g/mol. The average molecular weight is 352 g/mol. The number of morpholine rings is 1. The summed E-state index contributed by atoms with van der Waals surface area (Å²) in [6.45, 7) is 15.6. The van der Waals surface area contributed by atoms with Crippen molar-refractivity contribution in [2.24, 2.45) is 0 Å². The fourth-order valence-corrected chi connectivity index (χ4v) is 3.74. The molecule has 0 radical (unpaired) electrons. The van der Waals surface area contributed by atoms with Crippen molar-refractivity contribution in [2.75, 3.05) is 38.2 Å². The molecule has 0 spiro atoms. The van der Waals surface area contributed by atoms with E-state index >= 15 is 0 Å². The van der Waals surface area contributed by atoms with Crippen LogP contribution >= 0.6 is 11.3 Å². The molecule has 3 rings (SSSR count). The van der Waals surface area contributed by atoms with Gasteiger partial charge in [0, 0.05) is 30.6 Å². The molecule has 6 nitrogen and oxygen atoms in total. The Morgan fingerprint density at radius 3 is 2.54 bits per heavy atom. The number of rotatable bonds is 5. The van der Waals surface area contributed by atoms with Crippen LogP contribution in [-0.4, -0.2) is 57.9 Å². The molecule has 0 amide bonds. The first kappa shape index (κ1) is 17.6. The Kier molecular flexibility index (Phi) is 4.86. The number of aromatic nitrogens is 3. The number of nitrogens with zero attached hydrogens (tertiary/aromatic N) is 4. The first-order valence-electron chi connectivity index (χ1n) is 8.75. The molecule has 0 saturated carbocycles. The molecule has 3 heterocycles. The summed E-state index contributed by atoms with van der Waals surface area (Å²) in [6.07, 6.45) is 3.13. The van der Waals surface area contributed by atoms with Gasteiger partial charge in [-0.05, 0) is 13.3 Å². The van der Waals surface area contributed by atoms with Crippen LogP contribution < -0.4 is 5.32 Å². The van der Waals surface area contributed by atoms with E-state index in [0.717, 1.165) is 55.1 Å². The minimum absolute atomic E-state index is 0.0537. The Hall–Kier alpha value is -1.18. The summed E-state index contributed by atoms with van der Waals surface area (Å²) in [5.41, 5.74) is 1.26. The minimum Gasteiger partial charge on any atom is -0.379 e. The third kappa shape index (κ3) is 3.58. The molecule has 1 saturated heterocycles. The van der Waals surface area contributed by atoms with Crippen LogP contribution in [0.3, 0.4) is 0 Å². The van der Waals surface area contributed by atoms with Gasteiger partial charge in [0.15, 0.2) is 0 Å². The molecule has 134 valence electrons. The van der Waals surface area contributed by atoms with E-state index in [1.807, 2.05) is 10.7 Å². The molecule has 1 aliphatic rings. The maximum Gasteiger partial charge on any atom is 0.214 e. The van der Waals surface area contributed by atoms with Crippen molar-refractivity contribution in [2.45, 2.75) is 52.0 Å². The van der Waals surface area contributed by atoms with Gasteiger partial charge in [-0.25, -0.2) is 9.50 Å². The number of hydrogen-bond acceptors (Lipinski definition) is 6. The zero-order chi connectivity index (χ0) is 17.4. The molecule has 1 N–H and O–H groups in total. The summed E-state index contributed by atoms with van der Waals surface area (Å²) in [5, 5.41) is 9.12. The van der Waals surface area contributed by atoms with Crippen LogP contribution in [0.2, 0.25) is 0 Å². The second-order valence-corrected chi connectivity index (χ2v) is 8.77. The van der Waals surface area contributed by atoms with Crippen LogP contribution in [0.1, 0.15) is 46.7 Å². The van der Waals surface area contributed by atoms with E-state index in [1.165, 1.54) is 0 Å². The maximum atomic E-state index is 5.49. The highest BCUT2D eigenvalue weighted by molar-refractivity contribution is 7.20. The molecule has 1 fully saturated rings. The highest BCUT2D eigenvalue weighted by atomic mass is 32.1. The molecular formula is C17H29N5OS. The third-order valence-corrected chi connectivity index (χ3v) is 5.85. The SMILES string of the molecule is CC[C@@](C)(CNc1nn2cc(C(C)(C)C)nc2s1)N1CCOCC1. The molecule has 0 aliphatic carbocycles. The van der Waals surface area contributed by atoms with Crippen molar-refractivity contribution in [3.8, 4) is 0 Å². The summed E-state index contributed by atoms with van der Waals surface area (Å²) in [4.78, 5) is 8.19. The Morgan fingerprint density at radius 1 is 1.25 bits per heavy atom. The summed E-state index contributed by atoms with van der Waals surface area (Å²) in [5.74, 6) is 0. The van der Waals surface area contributed by atoms with E-state index in [1.54, 1.807) is 11.3 Å². The van der Waals surface area contributed by atoms with Gasteiger partial charge in [-0.3, -0.25) is 4.90 Å². The largest absolute Gasteiger partial charge is 0.379 e. The lowest BCUT2D eigenvalue weighted by atomic mass is 9.93. The Labute approximate surface area is 148 Å². The lowest BCUT2D eigenvalue weighted by molar-refractivity contribution is -0.0131. The summed E-state index contributed by atoms with van der Waals surface area (Å²) >= 11 is 1.62. The van der Waals surface area contributed by atoms with Crippen LogP contribution in [0.15, 0.2) is 6.20 Å². The first-order valence-corrected chi connectivity index (χ1v) is 9.57. The van der Waals surface area contributed by atoms with E-state index in [4.69, 9.17) is 9.72 Å². The average Bonchev–Trinajstić information content (AvgIpc) is 3.11. The zero-order valence-corrected chi connectivity index (χ0v) is 16.2. The molecule has 0 unspecified atom stereocenters. The Morgan fingerprint density at radius 2 is 1.96 bits per heavy atom. The van der Waals surface area contributed by atoms with Crippen molar-refractivity contribution in [1.29, 1.82) is 0 Å². The quantitative estimate of drug-likeness (QED) is 0.897. The molecule has 1 aliphatic heterocycles. The van der Waals surface area contributed by atoms with Crippen molar-refractivity contribution in [1.82, 2.24) is 19.5 Å². The molecule has 2 aromatic rings. The van der Waals surface area contributed by atoms with Gasteiger partial charge in [0.05, 0.1) is 25.1 Å². The monoisotopic (exact) mass is 351 g/mol. The molecule has 1 atom stereocenters. The topological polar surface area (TPSA) is 54.7 Å². The predicted molar refractivity (Wildman–Crippen MR) is 99.1 cm³/mol.